The van der Waals surface area contributed by atoms with Crippen LogP contribution >= 0.6 is 0 Å². The second-order valence-corrected chi connectivity index (χ2v) is 5.28. The van der Waals surface area contributed by atoms with Crippen LogP contribution in [0.15, 0.2) is 0 Å². The standard InChI is InChI=1S/C14H26N2O3/c1-4-13(17)16-11(3)14(18)15-10(2)9-12-7-5-6-8-19-12/h10-12H,4-9H2,1-3H3,(H,15,18)(H,16,17). The lowest BCUT2D eigenvalue weighted by Gasteiger charge is -2.26. The molecule has 2 amide bonds. The quantitative estimate of drug-likeness (QED) is 0.766. The van der Waals surface area contributed by atoms with Crippen LogP contribution in [-0.2, 0) is 14.3 Å². The smallest absolute Gasteiger partial charge is 0.242 e. The largest absolute Gasteiger partial charge is 0.378 e. The molecule has 0 aliphatic carbocycles. The zero-order valence-electron chi connectivity index (χ0n) is 12.2. The molecule has 1 aliphatic heterocycles. The first kappa shape index (κ1) is 16.0. The fourth-order valence-corrected chi connectivity index (χ4v) is 2.22. The summed E-state index contributed by atoms with van der Waals surface area (Å²) in [7, 11) is 0. The molecule has 1 fully saturated rings. The molecule has 5 heteroatoms. The summed E-state index contributed by atoms with van der Waals surface area (Å²) in [5, 5.41) is 5.58. The molecule has 2 N–H and O–H groups in total. The van der Waals surface area contributed by atoms with Gasteiger partial charge >= 0.3 is 0 Å². The number of ether oxygens (including phenoxy) is 1. The molecule has 1 rings (SSSR count). The summed E-state index contributed by atoms with van der Waals surface area (Å²) in [6, 6.07) is -0.418. The number of nitrogens with one attached hydrogen (secondary N) is 2. The average molecular weight is 270 g/mol. The lowest BCUT2D eigenvalue weighted by Crippen LogP contribution is -2.48. The molecule has 19 heavy (non-hydrogen) atoms. The van der Waals surface area contributed by atoms with Crippen molar-refractivity contribution in [3.05, 3.63) is 0 Å². The average Bonchev–Trinajstić information content (AvgIpc) is 2.39. The Kier molecular flexibility index (Phi) is 6.84. The van der Waals surface area contributed by atoms with Crippen LogP contribution in [0.2, 0.25) is 0 Å². The van der Waals surface area contributed by atoms with E-state index in [1.165, 1.54) is 6.42 Å². The van der Waals surface area contributed by atoms with Crippen LogP contribution in [0.5, 0.6) is 0 Å². The van der Waals surface area contributed by atoms with Crippen molar-refractivity contribution in [3.8, 4) is 0 Å². The summed E-state index contributed by atoms with van der Waals surface area (Å²) in [4.78, 5) is 23.1. The number of amides is 2. The van der Waals surface area contributed by atoms with Crippen LogP contribution in [0.3, 0.4) is 0 Å². The Labute approximate surface area is 115 Å². The third kappa shape index (κ3) is 6.05. The van der Waals surface area contributed by atoms with Gasteiger partial charge in [0, 0.05) is 19.1 Å². The first-order valence-corrected chi connectivity index (χ1v) is 7.24. The fraction of sp³-hybridized carbons (Fsp3) is 0.857. The Hall–Kier alpha value is -1.10. The first-order valence-electron chi connectivity index (χ1n) is 7.24. The molecule has 1 saturated heterocycles. The minimum atomic E-state index is -0.484. The lowest BCUT2D eigenvalue weighted by atomic mass is 10.0. The van der Waals surface area contributed by atoms with E-state index < -0.39 is 6.04 Å². The fourth-order valence-electron chi connectivity index (χ4n) is 2.22. The maximum absolute atomic E-state index is 11.9. The van der Waals surface area contributed by atoms with Gasteiger partial charge in [-0.25, -0.2) is 0 Å². The predicted octanol–water partition coefficient (Wildman–Crippen LogP) is 1.36. The number of hydrogen-bond donors (Lipinski definition) is 2. The number of carbonyl (C=O) groups is 2. The number of rotatable bonds is 6. The van der Waals surface area contributed by atoms with Gasteiger partial charge in [-0.1, -0.05) is 6.92 Å². The molecule has 0 bridgehead atoms. The van der Waals surface area contributed by atoms with Crippen LogP contribution < -0.4 is 10.6 Å². The van der Waals surface area contributed by atoms with Crippen LogP contribution in [0, 0.1) is 0 Å². The SMILES string of the molecule is CCC(=O)NC(C)C(=O)NC(C)CC1CCCCO1. The Morgan fingerprint density at radius 2 is 2.00 bits per heavy atom. The monoisotopic (exact) mass is 270 g/mol. The van der Waals surface area contributed by atoms with Gasteiger partial charge in [-0.3, -0.25) is 9.59 Å². The second-order valence-electron chi connectivity index (χ2n) is 5.28. The van der Waals surface area contributed by atoms with Crippen molar-refractivity contribution in [3.63, 3.8) is 0 Å². The van der Waals surface area contributed by atoms with Crippen molar-refractivity contribution in [2.75, 3.05) is 6.61 Å². The maximum Gasteiger partial charge on any atom is 0.242 e. The molecular formula is C14H26N2O3. The molecule has 0 aromatic carbocycles. The van der Waals surface area contributed by atoms with E-state index in [0.29, 0.717) is 6.42 Å². The Morgan fingerprint density at radius 1 is 1.26 bits per heavy atom. The number of carbonyl (C=O) groups excluding carboxylic acids is 2. The van der Waals surface area contributed by atoms with Crippen LogP contribution in [-0.4, -0.2) is 36.6 Å². The molecule has 5 nitrogen and oxygen atoms in total. The van der Waals surface area contributed by atoms with Gasteiger partial charge in [0.1, 0.15) is 6.04 Å². The van der Waals surface area contributed by atoms with Gasteiger partial charge in [-0.2, -0.15) is 0 Å². The van der Waals surface area contributed by atoms with Crippen molar-refractivity contribution in [1.82, 2.24) is 10.6 Å². The Morgan fingerprint density at radius 3 is 2.58 bits per heavy atom. The summed E-state index contributed by atoms with van der Waals surface area (Å²) < 4.78 is 5.65. The third-order valence-corrected chi connectivity index (χ3v) is 3.37. The minimum absolute atomic E-state index is 0.0663. The summed E-state index contributed by atoms with van der Waals surface area (Å²) in [6.07, 6.45) is 4.89. The summed E-state index contributed by atoms with van der Waals surface area (Å²) >= 11 is 0. The highest BCUT2D eigenvalue weighted by Gasteiger charge is 2.20. The second kappa shape index (κ2) is 8.15. The lowest BCUT2D eigenvalue weighted by molar-refractivity contribution is -0.129. The predicted molar refractivity (Wildman–Crippen MR) is 73.7 cm³/mol. The van der Waals surface area contributed by atoms with Crippen molar-refractivity contribution in [1.29, 1.82) is 0 Å². The van der Waals surface area contributed by atoms with Gasteiger partial charge in [-0.05, 0) is 39.5 Å². The van der Waals surface area contributed by atoms with E-state index in [-0.39, 0.29) is 24.0 Å². The molecule has 0 aromatic rings. The molecule has 3 unspecified atom stereocenters. The molecule has 0 saturated carbocycles. The Bertz CT molecular complexity index is 301. The van der Waals surface area contributed by atoms with Crippen molar-refractivity contribution in [2.24, 2.45) is 0 Å². The van der Waals surface area contributed by atoms with Crippen LogP contribution in [0.4, 0.5) is 0 Å². The molecule has 0 radical (unpaired) electrons. The molecule has 110 valence electrons. The summed E-state index contributed by atoms with van der Waals surface area (Å²) in [5.74, 6) is -0.240. The van der Waals surface area contributed by atoms with Crippen molar-refractivity contribution in [2.45, 2.75) is 71.1 Å². The third-order valence-electron chi connectivity index (χ3n) is 3.37. The van der Waals surface area contributed by atoms with E-state index in [0.717, 1.165) is 25.9 Å². The normalized spacial score (nSPS) is 22.4. The maximum atomic E-state index is 11.9. The minimum Gasteiger partial charge on any atom is -0.378 e. The van der Waals surface area contributed by atoms with E-state index in [1.54, 1.807) is 13.8 Å². The molecule has 3 atom stereocenters. The molecule has 0 aromatic heterocycles. The molecule has 1 heterocycles. The van der Waals surface area contributed by atoms with E-state index in [2.05, 4.69) is 10.6 Å². The number of hydrogen-bond acceptors (Lipinski definition) is 3. The zero-order valence-corrected chi connectivity index (χ0v) is 12.2. The topological polar surface area (TPSA) is 67.4 Å². The first-order chi connectivity index (χ1) is 9.02. The molecule has 1 aliphatic rings. The summed E-state index contributed by atoms with van der Waals surface area (Å²) in [6.45, 7) is 6.27. The highest BCUT2D eigenvalue weighted by molar-refractivity contribution is 5.87. The van der Waals surface area contributed by atoms with Gasteiger partial charge in [0.2, 0.25) is 11.8 Å². The van der Waals surface area contributed by atoms with E-state index in [1.807, 2.05) is 6.92 Å². The molecular weight excluding hydrogens is 244 g/mol. The van der Waals surface area contributed by atoms with Crippen molar-refractivity contribution >= 4 is 11.8 Å². The van der Waals surface area contributed by atoms with E-state index in [4.69, 9.17) is 4.74 Å². The van der Waals surface area contributed by atoms with Crippen LogP contribution in [0.25, 0.3) is 0 Å². The van der Waals surface area contributed by atoms with Crippen LogP contribution in [0.1, 0.15) is 52.9 Å². The van der Waals surface area contributed by atoms with Gasteiger partial charge < -0.3 is 15.4 Å². The highest BCUT2D eigenvalue weighted by Crippen LogP contribution is 2.16. The Balaban J connectivity index is 2.28. The van der Waals surface area contributed by atoms with Gasteiger partial charge in [0.05, 0.1) is 6.10 Å². The van der Waals surface area contributed by atoms with Gasteiger partial charge in [0.25, 0.3) is 0 Å². The van der Waals surface area contributed by atoms with E-state index in [9.17, 15) is 9.59 Å². The zero-order chi connectivity index (χ0) is 14.3. The van der Waals surface area contributed by atoms with Gasteiger partial charge in [-0.15, -0.1) is 0 Å². The van der Waals surface area contributed by atoms with Crippen molar-refractivity contribution < 1.29 is 14.3 Å². The highest BCUT2D eigenvalue weighted by atomic mass is 16.5. The van der Waals surface area contributed by atoms with E-state index >= 15 is 0 Å². The molecule has 0 spiro atoms. The van der Waals surface area contributed by atoms with Gasteiger partial charge in [0.15, 0.2) is 0 Å². The summed E-state index contributed by atoms with van der Waals surface area (Å²) in [5.41, 5.74) is 0.